The number of amides is 2. The van der Waals surface area contributed by atoms with Gasteiger partial charge in [0, 0.05) is 24.4 Å². The molecule has 7 heteroatoms. The Bertz CT molecular complexity index is 1180. The molecule has 204 valence electrons. The first-order valence-electron chi connectivity index (χ1n) is 13.7. The molecule has 38 heavy (non-hydrogen) atoms. The Hall–Kier alpha value is -3.12. The summed E-state index contributed by atoms with van der Waals surface area (Å²) in [5, 5.41) is 8.30. The van der Waals surface area contributed by atoms with Crippen molar-refractivity contribution in [1.82, 2.24) is 14.7 Å². The van der Waals surface area contributed by atoms with Gasteiger partial charge < -0.3 is 10.2 Å². The summed E-state index contributed by atoms with van der Waals surface area (Å²) in [6.07, 6.45) is 6.51. The molecule has 0 saturated carbocycles. The van der Waals surface area contributed by atoms with Gasteiger partial charge in [0.2, 0.25) is 11.8 Å². The van der Waals surface area contributed by atoms with Crippen LogP contribution in [0.3, 0.4) is 0 Å². The number of unbranched alkanes of at least 4 members (excludes halogenated alkanes) is 4. The first-order chi connectivity index (χ1) is 18.2. The molecule has 3 rings (SSSR count). The molecule has 1 N–H and O–H groups in total. The third-order valence-electron chi connectivity index (χ3n) is 6.52. The third kappa shape index (κ3) is 8.73. The van der Waals surface area contributed by atoms with Crippen molar-refractivity contribution in [2.24, 2.45) is 0 Å². The van der Waals surface area contributed by atoms with E-state index in [4.69, 9.17) is 16.7 Å². The Kier molecular flexibility index (Phi) is 11.0. The fourth-order valence-electron chi connectivity index (χ4n) is 4.24. The van der Waals surface area contributed by atoms with Gasteiger partial charge in [-0.25, -0.2) is 4.68 Å². The average molecular weight is 537 g/mol. The molecular weight excluding hydrogens is 496 g/mol. The van der Waals surface area contributed by atoms with Crippen LogP contribution < -0.4 is 5.32 Å². The van der Waals surface area contributed by atoms with E-state index in [9.17, 15) is 9.59 Å². The lowest BCUT2D eigenvalue weighted by atomic mass is 9.92. The van der Waals surface area contributed by atoms with E-state index < -0.39 is 0 Å². The molecule has 0 aliphatic rings. The van der Waals surface area contributed by atoms with Gasteiger partial charge in [-0.3, -0.25) is 9.59 Å². The van der Waals surface area contributed by atoms with Crippen molar-refractivity contribution in [3.8, 4) is 5.69 Å². The summed E-state index contributed by atoms with van der Waals surface area (Å²) in [4.78, 5) is 28.2. The SMILES string of the molecule is CCCCCCCC(=O)N(CCc1ccccc1)CC(=O)Nc1cc(C(C)(C)C)nn1-c1ccccc1Cl. The first kappa shape index (κ1) is 29.4. The van der Waals surface area contributed by atoms with Crippen LogP contribution in [0, 0.1) is 0 Å². The summed E-state index contributed by atoms with van der Waals surface area (Å²) in [7, 11) is 0. The zero-order valence-corrected chi connectivity index (χ0v) is 23.9. The van der Waals surface area contributed by atoms with Gasteiger partial charge in [-0.05, 0) is 30.5 Å². The van der Waals surface area contributed by atoms with E-state index in [1.807, 2.05) is 54.6 Å². The molecule has 0 atom stereocenters. The number of para-hydroxylation sites is 1. The van der Waals surface area contributed by atoms with Gasteiger partial charge in [0.05, 0.1) is 22.9 Å². The lowest BCUT2D eigenvalue weighted by Gasteiger charge is -2.22. The van der Waals surface area contributed by atoms with E-state index in [1.54, 1.807) is 15.6 Å². The number of hydrogen-bond acceptors (Lipinski definition) is 3. The molecule has 0 radical (unpaired) electrons. The summed E-state index contributed by atoms with van der Waals surface area (Å²) >= 11 is 6.47. The van der Waals surface area contributed by atoms with E-state index in [-0.39, 0.29) is 23.8 Å². The van der Waals surface area contributed by atoms with Gasteiger partial charge in [-0.1, -0.05) is 107 Å². The number of anilines is 1. The maximum atomic E-state index is 13.3. The van der Waals surface area contributed by atoms with E-state index in [2.05, 4.69) is 33.0 Å². The van der Waals surface area contributed by atoms with E-state index >= 15 is 0 Å². The highest BCUT2D eigenvalue weighted by Gasteiger charge is 2.23. The number of carbonyl (C=O) groups excluding carboxylic acids is 2. The number of carbonyl (C=O) groups is 2. The summed E-state index contributed by atoms with van der Waals surface area (Å²) in [6.45, 7) is 8.87. The van der Waals surface area contributed by atoms with Crippen LogP contribution in [0.25, 0.3) is 5.69 Å². The smallest absolute Gasteiger partial charge is 0.245 e. The van der Waals surface area contributed by atoms with Crippen LogP contribution in [0.2, 0.25) is 5.02 Å². The van der Waals surface area contributed by atoms with Crippen LogP contribution in [0.15, 0.2) is 60.7 Å². The van der Waals surface area contributed by atoms with Gasteiger partial charge >= 0.3 is 0 Å². The van der Waals surface area contributed by atoms with Crippen LogP contribution in [-0.2, 0) is 21.4 Å². The average Bonchev–Trinajstić information content (AvgIpc) is 3.31. The Morgan fingerprint density at radius 3 is 2.34 bits per heavy atom. The highest BCUT2D eigenvalue weighted by atomic mass is 35.5. The van der Waals surface area contributed by atoms with Crippen LogP contribution in [0.1, 0.15) is 77.5 Å². The van der Waals surface area contributed by atoms with Gasteiger partial charge in [-0.2, -0.15) is 5.10 Å². The fraction of sp³-hybridized carbons (Fsp3) is 0.452. The van der Waals surface area contributed by atoms with Crippen LogP contribution >= 0.6 is 11.6 Å². The highest BCUT2D eigenvalue weighted by molar-refractivity contribution is 6.32. The quantitative estimate of drug-likeness (QED) is 0.235. The molecule has 0 aliphatic carbocycles. The maximum Gasteiger partial charge on any atom is 0.245 e. The number of halogens is 1. The zero-order chi connectivity index (χ0) is 27.5. The van der Waals surface area contributed by atoms with Gasteiger partial charge in [-0.15, -0.1) is 0 Å². The zero-order valence-electron chi connectivity index (χ0n) is 23.2. The molecule has 0 spiro atoms. The topological polar surface area (TPSA) is 67.2 Å². The van der Waals surface area contributed by atoms with Gasteiger partial charge in [0.25, 0.3) is 0 Å². The molecule has 0 bridgehead atoms. The Labute approximate surface area is 232 Å². The van der Waals surface area contributed by atoms with Crippen molar-refractivity contribution in [2.45, 2.75) is 78.1 Å². The number of hydrogen-bond donors (Lipinski definition) is 1. The molecular formula is C31H41ClN4O2. The Morgan fingerprint density at radius 1 is 0.974 bits per heavy atom. The molecule has 0 unspecified atom stereocenters. The van der Waals surface area contributed by atoms with Crippen molar-refractivity contribution in [3.63, 3.8) is 0 Å². The number of nitrogens with one attached hydrogen (secondary N) is 1. The highest BCUT2D eigenvalue weighted by Crippen LogP contribution is 2.29. The van der Waals surface area contributed by atoms with Crippen molar-refractivity contribution < 1.29 is 9.59 Å². The largest absolute Gasteiger partial charge is 0.333 e. The summed E-state index contributed by atoms with van der Waals surface area (Å²) in [5.74, 6) is 0.289. The molecule has 1 aromatic heterocycles. The number of aromatic nitrogens is 2. The van der Waals surface area contributed by atoms with Crippen LogP contribution in [-0.4, -0.2) is 39.6 Å². The van der Waals surface area contributed by atoms with Crippen LogP contribution in [0.5, 0.6) is 0 Å². The summed E-state index contributed by atoms with van der Waals surface area (Å²) < 4.78 is 1.67. The minimum Gasteiger partial charge on any atom is -0.333 e. The predicted molar refractivity (Wildman–Crippen MR) is 156 cm³/mol. The predicted octanol–water partition coefficient (Wildman–Crippen LogP) is 7.19. The second-order valence-corrected chi connectivity index (χ2v) is 11.2. The Balaban J connectivity index is 1.76. The molecule has 0 aliphatic heterocycles. The number of nitrogens with zero attached hydrogens (tertiary/aromatic N) is 3. The van der Waals surface area contributed by atoms with Crippen LogP contribution in [0.4, 0.5) is 5.82 Å². The molecule has 2 amide bonds. The molecule has 3 aromatic rings. The van der Waals surface area contributed by atoms with Crippen molar-refractivity contribution in [1.29, 1.82) is 0 Å². The number of rotatable bonds is 13. The van der Waals surface area contributed by atoms with Gasteiger partial charge in [0.1, 0.15) is 5.82 Å². The summed E-state index contributed by atoms with van der Waals surface area (Å²) in [6, 6.07) is 19.3. The standard InChI is InChI=1S/C31H41ClN4O2/c1-5-6-7-8-12-19-30(38)35(21-20-24-15-10-9-11-16-24)23-29(37)33-28-22-27(31(2,3)4)34-36(28)26-18-14-13-17-25(26)32/h9-11,13-18,22H,5-8,12,19-21,23H2,1-4H3,(H,33,37). The van der Waals surface area contributed by atoms with Gasteiger partial charge in [0.15, 0.2) is 0 Å². The summed E-state index contributed by atoms with van der Waals surface area (Å²) in [5.41, 5.74) is 2.43. The van der Waals surface area contributed by atoms with E-state index in [1.165, 1.54) is 12.8 Å². The van der Waals surface area contributed by atoms with E-state index in [0.29, 0.717) is 35.9 Å². The number of benzene rings is 2. The maximum absolute atomic E-state index is 13.3. The lowest BCUT2D eigenvalue weighted by molar-refractivity contribution is -0.134. The normalized spacial score (nSPS) is 11.4. The first-order valence-corrected chi connectivity index (χ1v) is 14.0. The molecule has 6 nitrogen and oxygen atoms in total. The van der Waals surface area contributed by atoms with Crippen molar-refractivity contribution >= 4 is 29.2 Å². The minimum atomic E-state index is -0.258. The Morgan fingerprint density at radius 2 is 1.66 bits per heavy atom. The third-order valence-corrected chi connectivity index (χ3v) is 6.84. The molecule has 1 heterocycles. The second-order valence-electron chi connectivity index (χ2n) is 10.8. The van der Waals surface area contributed by atoms with Crippen molar-refractivity contribution in [2.75, 3.05) is 18.4 Å². The molecule has 0 saturated heterocycles. The van der Waals surface area contributed by atoms with Crippen molar-refractivity contribution in [3.05, 3.63) is 76.9 Å². The fourth-order valence-corrected chi connectivity index (χ4v) is 4.45. The lowest BCUT2D eigenvalue weighted by Crippen LogP contribution is -2.39. The molecule has 0 fully saturated rings. The van der Waals surface area contributed by atoms with E-state index in [0.717, 1.165) is 30.5 Å². The monoisotopic (exact) mass is 536 g/mol. The second kappa shape index (κ2) is 14.1. The molecule has 2 aromatic carbocycles. The minimum absolute atomic E-state index is 0.0147.